The molecule has 0 aliphatic rings. The van der Waals surface area contributed by atoms with E-state index in [1.807, 2.05) is 0 Å². The summed E-state index contributed by atoms with van der Waals surface area (Å²) in [5.41, 5.74) is 5.21. The molecule has 0 unspecified atom stereocenters. The van der Waals surface area contributed by atoms with Gasteiger partial charge in [-0.2, -0.15) is 0 Å². The van der Waals surface area contributed by atoms with Crippen LogP contribution in [0.5, 0.6) is 5.75 Å². The largest absolute Gasteiger partial charge is 0.507 e. The monoisotopic (exact) mass is 219 g/mol. The molecule has 0 aromatic heterocycles. The number of nitrogens with two attached hydrogens (primary N) is 1. The SMILES string of the molecule is COC(=O)c1cc(C#CC(N)=O)ccc1O. The number of phenolic OH excluding ortho intramolecular Hbond substituents is 1. The van der Waals surface area contributed by atoms with Gasteiger partial charge in [0, 0.05) is 5.56 Å². The van der Waals surface area contributed by atoms with Crippen molar-refractivity contribution in [3.05, 3.63) is 29.3 Å². The number of amides is 1. The van der Waals surface area contributed by atoms with Crippen LogP contribution in [0.2, 0.25) is 0 Å². The van der Waals surface area contributed by atoms with Crippen LogP contribution in [0.4, 0.5) is 0 Å². The van der Waals surface area contributed by atoms with Gasteiger partial charge in [-0.25, -0.2) is 4.79 Å². The van der Waals surface area contributed by atoms with E-state index in [1.54, 1.807) is 0 Å². The molecule has 0 spiro atoms. The molecular weight excluding hydrogens is 210 g/mol. The third-order valence-corrected chi connectivity index (χ3v) is 1.73. The molecular formula is C11H9NO4. The van der Waals surface area contributed by atoms with Gasteiger partial charge in [-0.1, -0.05) is 5.92 Å². The quantitative estimate of drug-likeness (QED) is 0.514. The van der Waals surface area contributed by atoms with Crippen LogP contribution in [0, 0.1) is 11.8 Å². The maximum atomic E-state index is 11.2. The van der Waals surface area contributed by atoms with Crippen LogP contribution < -0.4 is 5.73 Å². The lowest BCUT2D eigenvalue weighted by atomic mass is 10.1. The van der Waals surface area contributed by atoms with Gasteiger partial charge in [0.15, 0.2) is 0 Å². The summed E-state index contributed by atoms with van der Waals surface area (Å²) in [4.78, 5) is 21.6. The zero-order valence-corrected chi connectivity index (χ0v) is 8.48. The molecule has 1 aromatic carbocycles. The number of phenols is 1. The molecule has 1 amide bonds. The number of carbonyl (C=O) groups excluding carboxylic acids is 2. The van der Waals surface area contributed by atoms with Gasteiger partial charge in [-0.3, -0.25) is 4.79 Å². The van der Waals surface area contributed by atoms with Crippen molar-refractivity contribution < 1.29 is 19.4 Å². The summed E-state index contributed by atoms with van der Waals surface area (Å²) >= 11 is 0. The first kappa shape index (κ1) is 11.6. The molecule has 0 saturated heterocycles. The molecule has 0 heterocycles. The Morgan fingerprint density at radius 2 is 2.12 bits per heavy atom. The van der Waals surface area contributed by atoms with E-state index in [4.69, 9.17) is 5.73 Å². The number of rotatable bonds is 1. The molecule has 0 aliphatic carbocycles. The number of methoxy groups -OCH3 is 1. The fourth-order valence-electron chi connectivity index (χ4n) is 1.02. The average Bonchev–Trinajstić information content (AvgIpc) is 2.27. The Hall–Kier alpha value is -2.48. The van der Waals surface area contributed by atoms with Crippen molar-refractivity contribution >= 4 is 11.9 Å². The standard InChI is InChI=1S/C11H9NO4/c1-16-11(15)8-6-7(2-4-9(8)13)3-5-10(12)14/h2,4,6,13H,1H3,(H2,12,14). The number of hydrogen-bond acceptors (Lipinski definition) is 4. The molecule has 1 rings (SSSR count). The fourth-order valence-corrected chi connectivity index (χ4v) is 1.02. The molecule has 5 nitrogen and oxygen atoms in total. The summed E-state index contributed by atoms with van der Waals surface area (Å²) in [5.74, 6) is 2.91. The molecule has 82 valence electrons. The van der Waals surface area contributed by atoms with Crippen LogP contribution in [0.15, 0.2) is 18.2 Å². The van der Waals surface area contributed by atoms with E-state index in [0.29, 0.717) is 5.56 Å². The number of carbonyl (C=O) groups is 2. The first-order valence-corrected chi connectivity index (χ1v) is 4.27. The summed E-state index contributed by atoms with van der Waals surface area (Å²) in [6.07, 6.45) is 0. The molecule has 0 aliphatic heterocycles. The third-order valence-electron chi connectivity index (χ3n) is 1.73. The van der Waals surface area contributed by atoms with Crippen LogP contribution in [-0.2, 0) is 9.53 Å². The summed E-state index contributed by atoms with van der Waals surface area (Å²) < 4.78 is 4.46. The van der Waals surface area contributed by atoms with Crippen LogP contribution in [0.3, 0.4) is 0 Å². The Balaban J connectivity index is 3.14. The van der Waals surface area contributed by atoms with Crippen molar-refractivity contribution in [3.63, 3.8) is 0 Å². The van der Waals surface area contributed by atoms with Crippen molar-refractivity contribution in [3.8, 4) is 17.6 Å². The van der Waals surface area contributed by atoms with E-state index in [0.717, 1.165) is 0 Å². The van der Waals surface area contributed by atoms with E-state index in [1.165, 1.54) is 25.3 Å². The van der Waals surface area contributed by atoms with E-state index < -0.39 is 11.9 Å². The van der Waals surface area contributed by atoms with Gasteiger partial charge in [0.25, 0.3) is 5.91 Å². The van der Waals surface area contributed by atoms with Crippen molar-refractivity contribution in [2.75, 3.05) is 7.11 Å². The first-order valence-electron chi connectivity index (χ1n) is 4.27. The molecule has 1 aromatic rings. The molecule has 0 bridgehead atoms. The zero-order chi connectivity index (χ0) is 12.1. The molecule has 0 fully saturated rings. The minimum atomic E-state index is -0.771. The second kappa shape index (κ2) is 4.84. The molecule has 16 heavy (non-hydrogen) atoms. The maximum absolute atomic E-state index is 11.2. The van der Waals surface area contributed by atoms with Gasteiger partial charge in [-0.05, 0) is 24.1 Å². The highest BCUT2D eigenvalue weighted by Crippen LogP contribution is 2.18. The molecule has 0 atom stereocenters. The summed E-state index contributed by atoms with van der Waals surface area (Å²) in [5, 5.41) is 9.37. The number of primary amides is 1. The van der Waals surface area contributed by atoms with Gasteiger partial charge in [0.1, 0.15) is 11.3 Å². The average molecular weight is 219 g/mol. The maximum Gasteiger partial charge on any atom is 0.341 e. The predicted molar refractivity (Wildman–Crippen MR) is 55.5 cm³/mol. The topological polar surface area (TPSA) is 89.6 Å². The third kappa shape index (κ3) is 2.75. The zero-order valence-electron chi connectivity index (χ0n) is 8.48. The van der Waals surface area contributed by atoms with Crippen LogP contribution >= 0.6 is 0 Å². The highest BCUT2D eigenvalue weighted by molar-refractivity contribution is 5.94. The highest BCUT2D eigenvalue weighted by Gasteiger charge is 2.11. The van der Waals surface area contributed by atoms with Gasteiger partial charge in [0.05, 0.1) is 7.11 Å². The van der Waals surface area contributed by atoms with Crippen molar-refractivity contribution in [2.45, 2.75) is 0 Å². The fraction of sp³-hybridized carbons (Fsp3) is 0.0909. The lowest BCUT2D eigenvalue weighted by Crippen LogP contribution is -2.06. The summed E-state index contributed by atoms with van der Waals surface area (Å²) in [6, 6.07) is 4.06. The lowest BCUT2D eigenvalue weighted by Gasteiger charge is -2.02. The lowest BCUT2D eigenvalue weighted by molar-refractivity contribution is -0.112. The van der Waals surface area contributed by atoms with Gasteiger partial charge < -0.3 is 15.6 Å². The van der Waals surface area contributed by atoms with Gasteiger partial charge in [-0.15, -0.1) is 0 Å². The molecule has 5 heteroatoms. The number of esters is 1. The Labute approximate surface area is 91.8 Å². The van der Waals surface area contributed by atoms with E-state index in [2.05, 4.69) is 16.6 Å². The Morgan fingerprint density at radius 1 is 1.44 bits per heavy atom. The normalized spacial score (nSPS) is 8.81. The first-order chi connectivity index (χ1) is 7.54. The minimum absolute atomic E-state index is 0.0150. The second-order valence-corrected chi connectivity index (χ2v) is 2.84. The number of ether oxygens (including phenoxy) is 1. The van der Waals surface area contributed by atoms with E-state index in [9.17, 15) is 14.7 Å². The second-order valence-electron chi connectivity index (χ2n) is 2.84. The summed E-state index contributed by atoms with van der Waals surface area (Å²) in [7, 11) is 1.20. The Bertz CT molecular complexity index is 496. The van der Waals surface area contributed by atoms with Crippen molar-refractivity contribution in [1.82, 2.24) is 0 Å². The van der Waals surface area contributed by atoms with E-state index in [-0.39, 0.29) is 11.3 Å². The number of hydrogen-bond donors (Lipinski definition) is 2. The van der Waals surface area contributed by atoms with Crippen LogP contribution in [0.1, 0.15) is 15.9 Å². The minimum Gasteiger partial charge on any atom is -0.507 e. The Morgan fingerprint density at radius 3 is 2.69 bits per heavy atom. The van der Waals surface area contributed by atoms with Crippen molar-refractivity contribution in [1.29, 1.82) is 0 Å². The number of aromatic hydroxyl groups is 1. The summed E-state index contributed by atoms with van der Waals surface area (Å²) in [6.45, 7) is 0. The highest BCUT2D eigenvalue weighted by atomic mass is 16.5. The van der Waals surface area contributed by atoms with Crippen molar-refractivity contribution in [2.24, 2.45) is 5.73 Å². The molecule has 3 N–H and O–H groups in total. The van der Waals surface area contributed by atoms with Gasteiger partial charge >= 0.3 is 5.97 Å². The predicted octanol–water partition coefficient (Wildman–Crippen LogP) is 0.0156. The van der Waals surface area contributed by atoms with Crippen LogP contribution in [0.25, 0.3) is 0 Å². The molecule has 0 saturated carbocycles. The van der Waals surface area contributed by atoms with Gasteiger partial charge in [0.2, 0.25) is 0 Å². The van der Waals surface area contributed by atoms with Crippen LogP contribution in [-0.4, -0.2) is 24.1 Å². The smallest absolute Gasteiger partial charge is 0.341 e. The van der Waals surface area contributed by atoms with E-state index >= 15 is 0 Å². The molecule has 0 radical (unpaired) electrons. The Kier molecular flexibility index (Phi) is 3.51. The number of benzene rings is 1.